The molecular formula is C13H16N2O5. The standard InChI is InChI=1S/C13H16N2O5/c16-8-9-2-1-5-14(7-9)11-4-3-10(13(17)18)6-12(11)15(19)20/h3-4,6,9,16H,1-2,5,7-8H2,(H,17,18). The molecule has 0 bridgehead atoms. The fraction of sp³-hybridized carbons (Fsp3) is 0.462. The molecule has 1 aromatic carbocycles. The topological polar surface area (TPSA) is 104 Å². The van der Waals surface area contributed by atoms with Gasteiger partial charge in [-0.05, 0) is 30.9 Å². The lowest BCUT2D eigenvalue weighted by molar-refractivity contribution is -0.384. The Labute approximate surface area is 115 Å². The number of carboxylic acids is 1. The first kappa shape index (κ1) is 14.3. The molecule has 2 N–H and O–H groups in total. The minimum Gasteiger partial charge on any atom is -0.478 e. The summed E-state index contributed by atoms with van der Waals surface area (Å²) >= 11 is 0. The van der Waals surface area contributed by atoms with Crippen LogP contribution in [0.25, 0.3) is 0 Å². The second-order valence-corrected chi connectivity index (χ2v) is 4.90. The van der Waals surface area contributed by atoms with E-state index in [0.717, 1.165) is 18.9 Å². The smallest absolute Gasteiger partial charge is 0.335 e. The molecule has 1 aliphatic heterocycles. The molecule has 0 aromatic heterocycles. The number of carboxylic acid groups (broad SMARTS) is 1. The van der Waals surface area contributed by atoms with Crippen molar-refractivity contribution < 1.29 is 19.9 Å². The molecule has 20 heavy (non-hydrogen) atoms. The van der Waals surface area contributed by atoms with Gasteiger partial charge in [0.1, 0.15) is 5.69 Å². The maximum Gasteiger partial charge on any atom is 0.335 e. The monoisotopic (exact) mass is 280 g/mol. The number of hydrogen-bond acceptors (Lipinski definition) is 5. The van der Waals surface area contributed by atoms with Crippen LogP contribution in [0.2, 0.25) is 0 Å². The molecule has 1 unspecified atom stereocenters. The minimum atomic E-state index is -1.19. The zero-order valence-corrected chi connectivity index (χ0v) is 10.9. The highest BCUT2D eigenvalue weighted by molar-refractivity contribution is 5.89. The summed E-state index contributed by atoms with van der Waals surface area (Å²) in [7, 11) is 0. The fourth-order valence-corrected chi connectivity index (χ4v) is 2.50. The van der Waals surface area contributed by atoms with Crippen LogP contribution in [0.15, 0.2) is 18.2 Å². The van der Waals surface area contributed by atoms with E-state index in [9.17, 15) is 20.0 Å². The van der Waals surface area contributed by atoms with Gasteiger partial charge in [0.15, 0.2) is 0 Å². The Kier molecular flexibility index (Phi) is 4.19. The molecule has 0 saturated carbocycles. The van der Waals surface area contributed by atoms with Crippen molar-refractivity contribution in [2.24, 2.45) is 5.92 Å². The third kappa shape index (κ3) is 2.88. The lowest BCUT2D eigenvalue weighted by Crippen LogP contribution is -2.37. The molecule has 0 amide bonds. The largest absolute Gasteiger partial charge is 0.478 e. The van der Waals surface area contributed by atoms with E-state index in [2.05, 4.69) is 0 Å². The highest BCUT2D eigenvalue weighted by Gasteiger charge is 2.26. The Morgan fingerprint density at radius 2 is 2.25 bits per heavy atom. The molecule has 7 heteroatoms. The zero-order chi connectivity index (χ0) is 14.7. The van der Waals surface area contributed by atoms with Crippen LogP contribution in [-0.2, 0) is 0 Å². The van der Waals surface area contributed by atoms with Gasteiger partial charge in [-0.1, -0.05) is 0 Å². The van der Waals surface area contributed by atoms with E-state index in [1.54, 1.807) is 0 Å². The molecule has 0 spiro atoms. The number of aromatic carboxylic acids is 1. The molecule has 7 nitrogen and oxygen atoms in total. The number of aliphatic hydroxyl groups is 1. The van der Waals surface area contributed by atoms with Crippen molar-refractivity contribution in [1.82, 2.24) is 0 Å². The zero-order valence-electron chi connectivity index (χ0n) is 10.9. The first-order chi connectivity index (χ1) is 9.52. The quantitative estimate of drug-likeness (QED) is 0.639. The van der Waals surface area contributed by atoms with E-state index in [0.29, 0.717) is 18.8 Å². The summed E-state index contributed by atoms with van der Waals surface area (Å²) in [6.07, 6.45) is 1.75. The molecule has 1 heterocycles. The number of rotatable bonds is 4. The predicted molar refractivity (Wildman–Crippen MR) is 72.1 cm³/mol. The van der Waals surface area contributed by atoms with Crippen molar-refractivity contribution in [2.45, 2.75) is 12.8 Å². The third-order valence-electron chi connectivity index (χ3n) is 3.54. The molecule has 108 valence electrons. The van der Waals surface area contributed by atoms with Gasteiger partial charge in [0, 0.05) is 25.8 Å². The molecule has 0 radical (unpaired) electrons. The van der Waals surface area contributed by atoms with Crippen molar-refractivity contribution in [2.75, 3.05) is 24.6 Å². The first-order valence-electron chi connectivity index (χ1n) is 6.40. The Morgan fingerprint density at radius 3 is 2.85 bits per heavy atom. The Balaban J connectivity index is 2.35. The Morgan fingerprint density at radius 1 is 1.50 bits per heavy atom. The summed E-state index contributed by atoms with van der Waals surface area (Å²) < 4.78 is 0. The lowest BCUT2D eigenvalue weighted by Gasteiger charge is -2.33. The summed E-state index contributed by atoms with van der Waals surface area (Å²) in [6.45, 7) is 1.27. The third-order valence-corrected chi connectivity index (χ3v) is 3.54. The van der Waals surface area contributed by atoms with E-state index in [1.807, 2.05) is 4.90 Å². The number of nitrogens with zero attached hydrogens (tertiary/aromatic N) is 2. The number of aliphatic hydroxyl groups excluding tert-OH is 1. The Hall–Kier alpha value is -2.15. The number of carbonyl (C=O) groups is 1. The molecule has 2 rings (SSSR count). The minimum absolute atomic E-state index is 0.0531. The van der Waals surface area contributed by atoms with Crippen LogP contribution < -0.4 is 4.90 Å². The highest BCUT2D eigenvalue weighted by Crippen LogP contribution is 2.32. The molecule has 1 atom stereocenters. The molecule has 1 aliphatic rings. The highest BCUT2D eigenvalue weighted by atomic mass is 16.6. The molecular weight excluding hydrogens is 264 g/mol. The lowest BCUT2D eigenvalue weighted by atomic mass is 9.98. The fourth-order valence-electron chi connectivity index (χ4n) is 2.50. The van der Waals surface area contributed by atoms with Crippen LogP contribution in [-0.4, -0.2) is 40.8 Å². The maximum atomic E-state index is 11.1. The number of anilines is 1. The summed E-state index contributed by atoms with van der Waals surface area (Å²) in [5.41, 5.74) is 0.109. The van der Waals surface area contributed by atoms with Crippen LogP contribution in [0.3, 0.4) is 0 Å². The van der Waals surface area contributed by atoms with Gasteiger partial charge >= 0.3 is 5.97 Å². The average molecular weight is 280 g/mol. The molecule has 0 aliphatic carbocycles. The van der Waals surface area contributed by atoms with E-state index in [4.69, 9.17) is 5.11 Å². The van der Waals surface area contributed by atoms with E-state index < -0.39 is 10.9 Å². The van der Waals surface area contributed by atoms with Crippen molar-refractivity contribution in [3.05, 3.63) is 33.9 Å². The molecule has 1 saturated heterocycles. The SMILES string of the molecule is O=C(O)c1ccc(N2CCCC(CO)C2)c([N+](=O)[O-])c1. The summed E-state index contributed by atoms with van der Waals surface area (Å²) in [5.74, 6) is -1.09. The van der Waals surface area contributed by atoms with Crippen LogP contribution in [0.5, 0.6) is 0 Å². The van der Waals surface area contributed by atoms with Gasteiger partial charge in [0.2, 0.25) is 0 Å². The maximum absolute atomic E-state index is 11.1. The van der Waals surface area contributed by atoms with Gasteiger partial charge in [0.25, 0.3) is 5.69 Å². The summed E-state index contributed by atoms with van der Waals surface area (Å²) in [4.78, 5) is 23.3. The van der Waals surface area contributed by atoms with E-state index >= 15 is 0 Å². The van der Waals surface area contributed by atoms with Crippen molar-refractivity contribution >= 4 is 17.3 Å². The van der Waals surface area contributed by atoms with Crippen LogP contribution >= 0.6 is 0 Å². The molecule has 1 fully saturated rings. The number of benzene rings is 1. The van der Waals surface area contributed by atoms with Gasteiger partial charge in [-0.2, -0.15) is 0 Å². The number of piperidine rings is 1. The van der Waals surface area contributed by atoms with Crippen molar-refractivity contribution in [1.29, 1.82) is 0 Å². The summed E-state index contributed by atoms with van der Waals surface area (Å²) in [6, 6.07) is 3.93. The molecule has 1 aromatic rings. The number of nitro benzene ring substituents is 1. The summed E-state index contributed by atoms with van der Waals surface area (Å²) in [5, 5.41) is 29.2. The van der Waals surface area contributed by atoms with Crippen LogP contribution in [0.4, 0.5) is 11.4 Å². The van der Waals surface area contributed by atoms with Crippen LogP contribution in [0.1, 0.15) is 23.2 Å². The van der Waals surface area contributed by atoms with Crippen molar-refractivity contribution in [3.63, 3.8) is 0 Å². The van der Waals surface area contributed by atoms with Gasteiger partial charge < -0.3 is 15.1 Å². The normalized spacial score (nSPS) is 18.9. The van der Waals surface area contributed by atoms with Crippen molar-refractivity contribution in [3.8, 4) is 0 Å². The number of hydrogen-bond donors (Lipinski definition) is 2. The second kappa shape index (κ2) is 5.87. The average Bonchev–Trinajstić information content (AvgIpc) is 2.46. The van der Waals surface area contributed by atoms with Gasteiger partial charge in [0.05, 0.1) is 10.5 Å². The van der Waals surface area contributed by atoms with E-state index in [-0.39, 0.29) is 23.8 Å². The van der Waals surface area contributed by atoms with Gasteiger partial charge in [-0.15, -0.1) is 0 Å². The number of nitro groups is 1. The predicted octanol–water partition coefficient (Wildman–Crippen LogP) is 1.50. The van der Waals surface area contributed by atoms with Gasteiger partial charge in [-0.25, -0.2) is 4.79 Å². The second-order valence-electron chi connectivity index (χ2n) is 4.90. The Bertz CT molecular complexity index is 531. The first-order valence-corrected chi connectivity index (χ1v) is 6.40. The van der Waals surface area contributed by atoms with E-state index in [1.165, 1.54) is 12.1 Å². The van der Waals surface area contributed by atoms with Gasteiger partial charge in [-0.3, -0.25) is 10.1 Å². The van der Waals surface area contributed by atoms with Crippen LogP contribution in [0, 0.1) is 16.0 Å².